The van der Waals surface area contributed by atoms with Gasteiger partial charge in [-0.05, 0) is 36.0 Å². The molecule has 0 saturated carbocycles. The van der Waals surface area contributed by atoms with E-state index in [2.05, 4.69) is 23.5 Å². The van der Waals surface area contributed by atoms with Crippen molar-refractivity contribution in [2.75, 3.05) is 6.61 Å². The Bertz CT molecular complexity index is 356. The average molecular weight is 203 g/mol. The van der Waals surface area contributed by atoms with Gasteiger partial charge in [-0.3, -0.25) is 0 Å². The Morgan fingerprint density at radius 3 is 2.93 bits per heavy atom. The molecule has 1 N–H and O–H groups in total. The zero-order valence-electron chi connectivity index (χ0n) is 8.96. The van der Waals surface area contributed by atoms with Crippen molar-refractivity contribution >= 4 is 0 Å². The fourth-order valence-corrected chi connectivity index (χ4v) is 2.52. The molecule has 2 aliphatic rings. The minimum absolute atomic E-state index is 0.352. The van der Waals surface area contributed by atoms with Crippen LogP contribution in [0.1, 0.15) is 42.1 Å². The first-order chi connectivity index (χ1) is 7.43. The summed E-state index contributed by atoms with van der Waals surface area (Å²) in [5, 5.41) is 3.38. The van der Waals surface area contributed by atoms with Gasteiger partial charge in [-0.2, -0.15) is 0 Å². The molecule has 0 unspecified atom stereocenters. The average Bonchev–Trinajstić information content (AvgIpc) is 2.77. The summed E-state index contributed by atoms with van der Waals surface area (Å²) in [6, 6.07) is 6.82. The smallest absolute Gasteiger partial charge is 0.0825 e. The molecular formula is C13H17NO. The highest BCUT2D eigenvalue weighted by Crippen LogP contribution is 2.29. The Balaban J connectivity index is 1.85. The van der Waals surface area contributed by atoms with E-state index in [0.29, 0.717) is 6.10 Å². The quantitative estimate of drug-likeness (QED) is 0.757. The first kappa shape index (κ1) is 9.37. The standard InChI is InChI=1S/C13H17NO/c1-2-6-15-13(3-1)10-4-5-11-8-14-9-12(11)7-10/h4-5,7,13-14H,1-3,6,8-9H2/t13-/m0/s1. The molecule has 0 bridgehead atoms. The monoisotopic (exact) mass is 203 g/mol. The van der Waals surface area contributed by atoms with E-state index >= 15 is 0 Å². The number of benzene rings is 1. The second-order valence-corrected chi connectivity index (χ2v) is 4.49. The van der Waals surface area contributed by atoms with Crippen molar-refractivity contribution in [3.05, 3.63) is 34.9 Å². The second-order valence-electron chi connectivity index (χ2n) is 4.49. The van der Waals surface area contributed by atoms with E-state index in [1.54, 1.807) is 0 Å². The first-order valence-corrected chi connectivity index (χ1v) is 5.87. The molecule has 1 saturated heterocycles. The lowest BCUT2D eigenvalue weighted by Crippen LogP contribution is -2.11. The maximum atomic E-state index is 5.80. The summed E-state index contributed by atoms with van der Waals surface area (Å²) < 4.78 is 5.80. The van der Waals surface area contributed by atoms with E-state index in [9.17, 15) is 0 Å². The third-order valence-electron chi connectivity index (χ3n) is 3.41. The van der Waals surface area contributed by atoms with Gasteiger partial charge >= 0.3 is 0 Å². The van der Waals surface area contributed by atoms with Gasteiger partial charge in [-0.15, -0.1) is 0 Å². The van der Waals surface area contributed by atoms with Crippen LogP contribution in [0.5, 0.6) is 0 Å². The molecule has 0 aromatic heterocycles. The summed E-state index contributed by atoms with van der Waals surface area (Å²) in [7, 11) is 0. The van der Waals surface area contributed by atoms with Crippen molar-refractivity contribution in [1.29, 1.82) is 0 Å². The predicted octanol–water partition coefficient (Wildman–Crippen LogP) is 2.53. The Morgan fingerprint density at radius 1 is 1.13 bits per heavy atom. The number of hydrogen-bond donors (Lipinski definition) is 1. The molecular weight excluding hydrogens is 186 g/mol. The zero-order chi connectivity index (χ0) is 10.1. The molecule has 2 heteroatoms. The summed E-state index contributed by atoms with van der Waals surface area (Å²) in [6.07, 6.45) is 4.07. The maximum absolute atomic E-state index is 5.80. The number of nitrogens with one attached hydrogen (secondary N) is 1. The van der Waals surface area contributed by atoms with Gasteiger partial charge in [-0.25, -0.2) is 0 Å². The van der Waals surface area contributed by atoms with Gasteiger partial charge in [0.2, 0.25) is 0 Å². The van der Waals surface area contributed by atoms with E-state index in [-0.39, 0.29) is 0 Å². The SMILES string of the molecule is c1cc2c(cc1[C@@H]1CCCCO1)CNC2. The molecule has 3 rings (SSSR count). The molecule has 0 radical (unpaired) electrons. The van der Waals surface area contributed by atoms with Crippen molar-refractivity contribution in [2.45, 2.75) is 38.5 Å². The molecule has 0 spiro atoms. The molecule has 2 heterocycles. The third kappa shape index (κ3) is 1.80. The van der Waals surface area contributed by atoms with E-state index in [1.807, 2.05) is 0 Å². The minimum Gasteiger partial charge on any atom is -0.374 e. The van der Waals surface area contributed by atoms with Crippen molar-refractivity contribution in [1.82, 2.24) is 5.32 Å². The van der Waals surface area contributed by atoms with Gasteiger partial charge in [0.05, 0.1) is 6.10 Å². The molecule has 0 aliphatic carbocycles. The Hall–Kier alpha value is -0.860. The van der Waals surface area contributed by atoms with E-state index in [0.717, 1.165) is 19.7 Å². The molecule has 1 fully saturated rings. The van der Waals surface area contributed by atoms with Crippen LogP contribution in [-0.2, 0) is 17.8 Å². The molecule has 2 aliphatic heterocycles. The Morgan fingerprint density at radius 2 is 2.07 bits per heavy atom. The molecule has 15 heavy (non-hydrogen) atoms. The van der Waals surface area contributed by atoms with Crippen molar-refractivity contribution in [3.8, 4) is 0 Å². The molecule has 1 aromatic carbocycles. The largest absolute Gasteiger partial charge is 0.374 e. The second kappa shape index (κ2) is 3.95. The maximum Gasteiger partial charge on any atom is 0.0825 e. The predicted molar refractivity (Wildman–Crippen MR) is 59.5 cm³/mol. The van der Waals surface area contributed by atoms with Crippen LogP contribution in [-0.4, -0.2) is 6.61 Å². The van der Waals surface area contributed by atoms with Crippen molar-refractivity contribution in [2.24, 2.45) is 0 Å². The normalized spacial score (nSPS) is 25.2. The highest BCUT2D eigenvalue weighted by Gasteiger charge is 2.18. The van der Waals surface area contributed by atoms with E-state index in [1.165, 1.54) is 36.0 Å². The van der Waals surface area contributed by atoms with Gasteiger partial charge < -0.3 is 10.1 Å². The molecule has 1 atom stereocenters. The topological polar surface area (TPSA) is 21.3 Å². The van der Waals surface area contributed by atoms with Gasteiger partial charge in [0.1, 0.15) is 0 Å². The summed E-state index contributed by atoms with van der Waals surface area (Å²) in [4.78, 5) is 0. The lowest BCUT2D eigenvalue weighted by atomic mass is 9.98. The molecule has 80 valence electrons. The molecule has 2 nitrogen and oxygen atoms in total. The van der Waals surface area contributed by atoms with Gasteiger partial charge in [0.15, 0.2) is 0 Å². The van der Waals surface area contributed by atoms with Crippen LogP contribution < -0.4 is 5.32 Å². The van der Waals surface area contributed by atoms with Gasteiger partial charge in [0.25, 0.3) is 0 Å². The van der Waals surface area contributed by atoms with Gasteiger partial charge in [0, 0.05) is 19.7 Å². The summed E-state index contributed by atoms with van der Waals surface area (Å²) >= 11 is 0. The summed E-state index contributed by atoms with van der Waals surface area (Å²) in [5.74, 6) is 0. The van der Waals surface area contributed by atoms with E-state index < -0.39 is 0 Å². The number of rotatable bonds is 1. The fourth-order valence-electron chi connectivity index (χ4n) is 2.52. The highest BCUT2D eigenvalue weighted by molar-refractivity contribution is 5.35. The summed E-state index contributed by atoms with van der Waals surface area (Å²) in [5.41, 5.74) is 4.29. The number of hydrogen-bond acceptors (Lipinski definition) is 2. The first-order valence-electron chi connectivity index (χ1n) is 5.87. The van der Waals surface area contributed by atoms with Crippen LogP contribution in [0, 0.1) is 0 Å². The molecule has 1 aromatic rings. The van der Waals surface area contributed by atoms with Crippen LogP contribution in [0.2, 0.25) is 0 Å². The van der Waals surface area contributed by atoms with Crippen LogP contribution in [0.15, 0.2) is 18.2 Å². The zero-order valence-corrected chi connectivity index (χ0v) is 8.96. The third-order valence-corrected chi connectivity index (χ3v) is 3.41. The fraction of sp³-hybridized carbons (Fsp3) is 0.538. The number of ether oxygens (including phenoxy) is 1. The Kier molecular flexibility index (Phi) is 2.47. The molecule has 0 amide bonds. The highest BCUT2D eigenvalue weighted by atomic mass is 16.5. The van der Waals surface area contributed by atoms with Crippen LogP contribution in [0.4, 0.5) is 0 Å². The van der Waals surface area contributed by atoms with Crippen LogP contribution >= 0.6 is 0 Å². The minimum atomic E-state index is 0.352. The van der Waals surface area contributed by atoms with E-state index in [4.69, 9.17) is 4.74 Å². The van der Waals surface area contributed by atoms with Crippen molar-refractivity contribution < 1.29 is 4.74 Å². The Labute approximate surface area is 90.6 Å². The number of fused-ring (bicyclic) bond motifs is 1. The lowest BCUT2D eigenvalue weighted by Gasteiger charge is -2.23. The van der Waals surface area contributed by atoms with Crippen LogP contribution in [0.3, 0.4) is 0 Å². The summed E-state index contributed by atoms with van der Waals surface area (Å²) in [6.45, 7) is 2.98. The van der Waals surface area contributed by atoms with Gasteiger partial charge in [-0.1, -0.05) is 18.2 Å². The van der Waals surface area contributed by atoms with Crippen LogP contribution in [0.25, 0.3) is 0 Å². The lowest BCUT2D eigenvalue weighted by molar-refractivity contribution is 0.0149. The van der Waals surface area contributed by atoms with Crippen molar-refractivity contribution in [3.63, 3.8) is 0 Å².